The summed E-state index contributed by atoms with van der Waals surface area (Å²) in [6.07, 6.45) is 4.83. The predicted molar refractivity (Wildman–Crippen MR) is 426 cm³/mol. The van der Waals surface area contributed by atoms with Crippen molar-refractivity contribution in [2.24, 2.45) is 93.9 Å². The van der Waals surface area contributed by atoms with Crippen LogP contribution in [0.3, 0.4) is 0 Å². The number of hydroxylamine groups is 1. The van der Waals surface area contributed by atoms with Crippen LogP contribution in [0.2, 0.25) is 0 Å². The molecule has 2 heterocycles. The minimum Gasteiger partial charge on any atom is -0.409 e. The van der Waals surface area contributed by atoms with Crippen molar-refractivity contribution in [1.29, 1.82) is 5.41 Å². The fourth-order valence-corrected chi connectivity index (χ4v) is 5.27. The number of amides is 2. The lowest BCUT2D eigenvalue weighted by molar-refractivity contribution is -0.525. The molecule has 1 fully saturated rings. The number of likely N-dealkylation sites (tertiary alicyclic amines) is 1. The Hall–Kier alpha value is -11.4. The zero-order chi connectivity index (χ0) is 79.5. The maximum absolute atomic E-state index is 9.50. The number of oxime groups is 1. The molecule has 100 heavy (non-hydrogen) atoms. The number of hydrogen-bond donors (Lipinski definition) is 19. The summed E-state index contributed by atoms with van der Waals surface area (Å²) in [7, 11) is 7.45. The minimum atomic E-state index is -0.775. The van der Waals surface area contributed by atoms with Crippen LogP contribution in [0.5, 0.6) is 0 Å². The first-order valence-electron chi connectivity index (χ1n) is 31.9. The number of amidine groups is 2. The van der Waals surface area contributed by atoms with Crippen LogP contribution in [0.4, 0.5) is 16.3 Å². The normalized spacial score (nSPS) is 9.65. The number of guanidine groups is 4. The van der Waals surface area contributed by atoms with E-state index in [2.05, 4.69) is 68.4 Å². The molecule has 0 aliphatic carbocycles. The van der Waals surface area contributed by atoms with Gasteiger partial charge in [0.15, 0.2) is 34.6 Å². The van der Waals surface area contributed by atoms with Gasteiger partial charge in [-0.2, -0.15) is 17.0 Å². The summed E-state index contributed by atoms with van der Waals surface area (Å²) in [4.78, 5) is 46.2. The quantitative estimate of drug-likeness (QED) is 0.0136. The lowest BCUT2D eigenvalue weighted by Gasteiger charge is -2.26. The summed E-state index contributed by atoms with van der Waals surface area (Å²) in [6.45, 7) is 38.2. The fraction of sp³-hybridized carbons (Fsp3) is 0.368. The molecule has 6 aromatic rings. The highest BCUT2D eigenvalue weighted by atomic mass is 16.7. The molecule has 1 aromatic heterocycles. The average Bonchev–Trinajstić information content (AvgIpc) is 0.848. The summed E-state index contributed by atoms with van der Waals surface area (Å²) in [5, 5.41) is 31.3. The van der Waals surface area contributed by atoms with E-state index in [1.54, 1.807) is 37.7 Å². The number of carbonyl (C=O) groups is 1. The number of hydrogen-bond acceptors (Lipinski definition) is 18. The number of nitrogen functional groups attached to an aromatic ring is 1. The van der Waals surface area contributed by atoms with E-state index < -0.39 is 17.4 Å². The number of urea groups is 1. The van der Waals surface area contributed by atoms with Gasteiger partial charge in [-0.1, -0.05) is 239 Å². The topological polar surface area (TPSA) is 582 Å². The van der Waals surface area contributed by atoms with Crippen molar-refractivity contribution in [3.63, 3.8) is 0 Å². The second-order valence-corrected chi connectivity index (χ2v) is 16.3. The second-order valence-electron chi connectivity index (χ2n) is 16.3. The van der Waals surface area contributed by atoms with E-state index >= 15 is 0 Å². The van der Waals surface area contributed by atoms with Gasteiger partial charge in [-0.15, -0.1) is 0 Å². The first-order valence-corrected chi connectivity index (χ1v) is 31.9. The smallest absolute Gasteiger partial charge is 0.311 e. The Morgan fingerprint density at radius 1 is 0.690 bits per heavy atom. The molecule has 0 radical (unpaired) electrons. The maximum atomic E-state index is 9.50. The van der Waals surface area contributed by atoms with Crippen LogP contribution in [-0.4, -0.2) is 116 Å². The Morgan fingerprint density at radius 3 is 1.36 bits per heavy atom. The van der Waals surface area contributed by atoms with Crippen molar-refractivity contribution in [3.05, 3.63) is 203 Å². The molecule has 1 saturated heterocycles. The number of carbonyl (C=O) groups excluding carboxylic acids is 1. The van der Waals surface area contributed by atoms with Crippen LogP contribution in [-0.2, 0) is 11.4 Å². The number of nitro groups is 1. The number of benzene rings is 5. The van der Waals surface area contributed by atoms with Crippen LogP contribution in [0.1, 0.15) is 126 Å². The summed E-state index contributed by atoms with van der Waals surface area (Å²) in [5.74, 6) is 1.64. The van der Waals surface area contributed by atoms with E-state index in [0.29, 0.717) is 23.9 Å². The zero-order valence-electron chi connectivity index (χ0n) is 62.6. The molecule has 32 heteroatoms. The Morgan fingerprint density at radius 2 is 1.10 bits per heavy atom. The summed E-state index contributed by atoms with van der Waals surface area (Å²) >= 11 is 0. The maximum Gasteiger partial charge on any atom is 0.311 e. The molecule has 564 valence electrons. The number of aromatic nitrogens is 1. The number of nitrogens with two attached hydrogens (primary N) is 13. The van der Waals surface area contributed by atoms with Crippen molar-refractivity contribution in [2.75, 3.05) is 54.1 Å². The number of anilines is 1. The van der Waals surface area contributed by atoms with Gasteiger partial charge in [-0.05, 0) is 60.9 Å². The molecule has 7 rings (SSSR count). The summed E-state index contributed by atoms with van der Waals surface area (Å²) in [6, 6.07) is 47.5. The number of nitrogens with one attached hydrogen (secondary N) is 5. The van der Waals surface area contributed by atoms with Gasteiger partial charge in [0.05, 0.1) is 12.8 Å². The Balaban J connectivity index is -0.000000110. The highest BCUT2D eigenvalue weighted by Crippen LogP contribution is 2.17. The van der Waals surface area contributed by atoms with Gasteiger partial charge in [0.25, 0.3) is 5.96 Å². The van der Waals surface area contributed by atoms with Crippen LogP contribution >= 0.6 is 0 Å². The second kappa shape index (κ2) is 87.6. The lowest BCUT2D eigenvalue weighted by atomic mass is 10.1. The average molecular weight is 1400 g/mol. The number of primary amides is 1. The Bertz CT molecular complexity index is 2960. The molecule has 0 atom stereocenters. The van der Waals surface area contributed by atoms with Crippen molar-refractivity contribution >= 4 is 69.5 Å². The zero-order valence-corrected chi connectivity index (χ0v) is 62.6. The number of piperidine rings is 1. The fourth-order valence-electron chi connectivity index (χ4n) is 5.27. The van der Waals surface area contributed by atoms with Gasteiger partial charge >= 0.3 is 6.03 Å². The Labute approximate surface area is 596 Å². The van der Waals surface area contributed by atoms with E-state index in [4.69, 9.17) is 86.0 Å². The van der Waals surface area contributed by atoms with Crippen LogP contribution in [0.15, 0.2) is 190 Å². The highest BCUT2D eigenvalue weighted by molar-refractivity contribution is 5.96. The molecular formula is C68H127N27O5. The van der Waals surface area contributed by atoms with E-state index in [1.165, 1.54) is 53.1 Å². The first-order chi connectivity index (χ1) is 47.8. The van der Waals surface area contributed by atoms with Crippen LogP contribution < -0.4 is 96.2 Å². The van der Waals surface area contributed by atoms with Gasteiger partial charge < -0.3 is 94.8 Å². The number of fused-ring (bicyclic) bond motifs is 1. The number of para-hydroxylation sites is 1. The number of aliphatic imine (C=N–C) groups is 4. The monoisotopic (exact) mass is 1400 g/mol. The van der Waals surface area contributed by atoms with Crippen molar-refractivity contribution in [2.45, 2.75) is 122 Å². The van der Waals surface area contributed by atoms with E-state index in [0.717, 1.165) is 40.7 Å². The molecule has 0 unspecified atom stereocenters. The first kappa shape index (κ1) is 110. The van der Waals surface area contributed by atoms with Crippen LogP contribution in [0, 0.1) is 22.1 Å². The van der Waals surface area contributed by atoms with Crippen LogP contribution in [0.25, 0.3) is 21.4 Å². The number of nitrogens with zero attached hydrogens (tertiary/aromatic N) is 9. The molecule has 1 aliphatic rings. The predicted octanol–water partition coefficient (Wildman–Crippen LogP) is 8.16. The van der Waals surface area contributed by atoms with E-state index in [1.807, 2.05) is 228 Å². The van der Waals surface area contributed by atoms with E-state index in [9.17, 15) is 14.9 Å². The summed E-state index contributed by atoms with van der Waals surface area (Å²) in [5.41, 5.74) is 76.8. The summed E-state index contributed by atoms with van der Waals surface area (Å²) < 4.78 is 0. The Kier molecular flexibility index (Phi) is 96.5. The largest absolute Gasteiger partial charge is 0.409 e. The molecule has 32 N–H and O–H groups in total. The molecule has 5 aromatic carbocycles. The van der Waals surface area contributed by atoms with Crippen molar-refractivity contribution in [3.8, 4) is 0 Å². The molecular weight excluding hydrogens is 1270 g/mol. The van der Waals surface area contributed by atoms with Crippen molar-refractivity contribution < 1.29 is 19.9 Å². The van der Waals surface area contributed by atoms with Gasteiger partial charge in [0, 0.05) is 70.7 Å². The standard InChI is InChI=1S/C9H8N2.C8H9N.C7H9N3.C7H8N2O.C7H9N.C6H13N3.C4H7N3.C2H6N4O2.C2H9N3O.C2H7N3.C2H6N2O.6C2H6/c10-9-8-4-2-1-3-7(8)5-6-11-9;1-7(9)8-5-3-2-4-6-8;8-7(9)10-6-4-2-1-3-5-6;8-7(9-10)6-4-2-1-3-5-6;8-6-7-4-2-1-3-5-7;7-6(8)9-4-2-1-3-5-9;1-4(5-2)7-6-3;1-4-2(3)5-6(7)8;1-6-5-2(3)4;1-5-2(3)4;1-4-2(3)5;6*1-2/h1-6H,(H2,10,11);2-6H,1,9H2;1-5H,(H4,8,9,10);1-5,10H,(H2,8,9);1-5H,6,8H2;1-5H2,(H3,7,8);1-2H3,(H,5,7);1H3,(H3,3,4,5);2,5H,3-4H2,1H3;1H3,(H4,3,4,5);1H3,(H3,3,4,5);6*1-2H3. The number of hydrazine groups is 1. The lowest BCUT2D eigenvalue weighted by Crippen LogP contribution is -2.44. The number of rotatable bonds is 7. The number of pyridine rings is 1. The van der Waals surface area contributed by atoms with Gasteiger partial charge in [0.2, 0.25) is 0 Å². The SMILES string of the molecule is C=C(N)c1ccccc1.CC.CC.CC.CC.CC.CC.CN=C(N)N.CN=C(N)N[N+](=O)[O-].CNC(N)=O.CONC(N)N.N=C(N)N1CCCCC1.NC(=NO)c1ccccc1.NC(N)=Nc1ccccc1.NCc1ccccc1.Nc1nccc2ccccc12.[C-]#[N+]NC(C)=NC. The third kappa shape index (κ3) is 82.7. The third-order valence-corrected chi connectivity index (χ3v) is 9.57. The van der Waals surface area contributed by atoms with Gasteiger partial charge in [-0.3, -0.25) is 20.4 Å². The van der Waals surface area contributed by atoms with Gasteiger partial charge in [0.1, 0.15) is 12.1 Å². The third-order valence-electron chi connectivity index (χ3n) is 9.57. The molecule has 0 saturated carbocycles. The minimum absolute atomic E-state index is 0.0891. The highest BCUT2D eigenvalue weighted by Gasteiger charge is 2.09. The molecule has 0 bridgehead atoms. The molecule has 32 nitrogen and oxygen atoms in total. The molecule has 1 aliphatic heterocycles. The molecule has 2 amide bonds. The van der Waals surface area contributed by atoms with Gasteiger partial charge in [-0.25, -0.2) is 24.9 Å². The molecule has 0 spiro atoms. The van der Waals surface area contributed by atoms with E-state index in [-0.39, 0.29) is 29.7 Å². The van der Waals surface area contributed by atoms with Crippen molar-refractivity contribution in [1.82, 2.24) is 31.5 Å².